The molecule has 0 aromatic heterocycles. The molecule has 1 aliphatic heterocycles. The van der Waals surface area contributed by atoms with E-state index in [1.54, 1.807) is 0 Å². The maximum Gasteiger partial charge on any atom is 0.410 e. The molecule has 0 bridgehead atoms. The van der Waals surface area contributed by atoms with Gasteiger partial charge in [-0.1, -0.05) is 26.3 Å². The van der Waals surface area contributed by atoms with Gasteiger partial charge in [-0.05, 0) is 18.4 Å². The van der Waals surface area contributed by atoms with E-state index in [9.17, 15) is 4.79 Å². The summed E-state index contributed by atoms with van der Waals surface area (Å²) in [7, 11) is 0. The minimum absolute atomic E-state index is 0.0242. The van der Waals surface area contributed by atoms with E-state index < -0.39 is 0 Å². The highest BCUT2D eigenvalue weighted by atomic mass is 16.6. The number of hydrogen-bond donors (Lipinski definition) is 0. The summed E-state index contributed by atoms with van der Waals surface area (Å²) in [5.41, 5.74) is 1.17. The highest BCUT2D eigenvalue weighted by Gasteiger charge is 2.55. The van der Waals surface area contributed by atoms with E-state index >= 15 is 0 Å². The van der Waals surface area contributed by atoms with Crippen LogP contribution in [-0.2, 0) is 4.74 Å². The molecule has 0 aromatic carbocycles. The van der Waals surface area contributed by atoms with Gasteiger partial charge in [0.05, 0.1) is 12.1 Å². The Labute approximate surface area is 84.7 Å². The summed E-state index contributed by atoms with van der Waals surface area (Å²) in [6.45, 7) is 7.45. The molecule has 1 aliphatic carbocycles. The predicted molar refractivity (Wildman–Crippen MR) is 54.1 cm³/mol. The second-order valence-corrected chi connectivity index (χ2v) is 4.18. The lowest BCUT2D eigenvalue weighted by atomic mass is 10.1. The second kappa shape index (κ2) is 3.30. The van der Waals surface area contributed by atoms with Crippen molar-refractivity contribution in [2.45, 2.75) is 38.1 Å². The summed E-state index contributed by atoms with van der Waals surface area (Å²) in [5, 5.41) is 0. The third-order valence-corrected chi connectivity index (χ3v) is 3.26. The minimum atomic E-state index is -0.153. The van der Waals surface area contributed by atoms with Crippen molar-refractivity contribution in [1.82, 2.24) is 4.90 Å². The van der Waals surface area contributed by atoms with Crippen molar-refractivity contribution in [3.8, 4) is 0 Å². The normalized spacial score (nSPS) is 30.8. The Morgan fingerprint density at radius 2 is 2.36 bits per heavy atom. The number of cyclic esters (lactones) is 1. The molecule has 1 unspecified atom stereocenters. The number of rotatable bonds is 4. The molecular formula is C11H17NO2. The van der Waals surface area contributed by atoms with Crippen LogP contribution in [0.1, 0.15) is 32.6 Å². The molecule has 3 nitrogen and oxygen atoms in total. The molecule has 0 spiro atoms. The van der Waals surface area contributed by atoms with E-state index in [-0.39, 0.29) is 11.6 Å². The summed E-state index contributed by atoms with van der Waals surface area (Å²) in [6.07, 6.45) is 4.19. The highest BCUT2D eigenvalue weighted by molar-refractivity contribution is 5.73. The van der Waals surface area contributed by atoms with Gasteiger partial charge in [-0.2, -0.15) is 0 Å². The summed E-state index contributed by atoms with van der Waals surface area (Å²) in [5.74, 6) is 0. The maximum absolute atomic E-state index is 11.4. The number of unbranched alkanes of at least 4 members (excludes halogenated alkanes) is 1. The molecule has 2 fully saturated rings. The van der Waals surface area contributed by atoms with E-state index in [0.717, 1.165) is 32.2 Å². The topological polar surface area (TPSA) is 29.5 Å². The zero-order valence-corrected chi connectivity index (χ0v) is 8.71. The van der Waals surface area contributed by atoms with Gasteiger partial charge in [-0.3, -0.25) is 4.90 Å². The van der Waals surface area contributed by atoms with Crippen molar-refractivity contribution < 1.29 is 9.53 Å². The first kappa shape index (κ1) is 9.56. The van der Waals surface area contributed by atoms with Crippen molar-refractivity contribution in [3.05, 3.63) is 12.2 Å². The van der Waals surface area contributed by atoms with Crippen molar-refractivity contribution in [2.24, 2.45) is 0 Å². The Balaban J connectivity index is 2.05. The number of hydrogen-bond acceptors (Lipinski definition) is 2. The van der Waals surface area contributed by atoms with Gasteiger partial charge in [0.25, 0.3) is 0 Å². The summed E-state index contributed by atoms with van der Waals surface area (Å²) < 4.78 is 4.97. The van der Waals surface area contributed by atoms with Gasteiger partial charge in [-0.15, -0.1) is 0 Å². The van der Waals surface area contributed by atoms with Gasteiger partial charge in [0.1, 0.15) is 6.61 Å². The van der Waals surface area contributed by atoms with Crippen LogP contribution in [0, 0.1) is 0 Å². The van der Waals surface area contributed by atoms with Gasteiger partial charge in [0.2, 0.25) is 0 Å². The number of carbonyl (C=O) groups excluding carboxylic acids is 1. The molecule has 2 rings (SSSR count). The number of nitrogens with zero attached hydrogens (tertiary/aromatic N) is 1. The average molecular weight is 195 g/mol. The monoisotopic (exact) mass is 195 g/mol. The Morgan fingerprint density at radius 1 is 1.64 bits per heavy atom. The number of carbonyl (C=O) groups is 1. The van der Waals surface area contributed by atoms with Gasteiger partial charge in [0, 0.05) is 0 Å². The SMILES string of the molecule is C=C1CC1(CCCC)N1CCOC1=O. The predicted octanol–water partition coefficient (Wildman–Crippen LogP) is 2.33. The van der Waals surface area contributed by atoms with E-state index in [0.29, 0.717) is 6.61 Å². The molecule has 1 heterocycles. The Kier molecular flexibility index (Phi) is 2.25. The third kappa shape index (κ3) is 1.31. The molecule has 2 aliphatic rings. The molecule has 1 atom stereocenters. The first-order valence-corrected chi connectivity index (χ1v) is 5.33. The van der Waals surface area contributed by atoms with Gasteiger partial charge in [-0.25, -0.2) is 4.79 Å². The van der Waals surface area contributed by atoms with Gasteiger partial charge < -0.3 is 4.74 Å². The molecule has 0 aromatic rings. The number of ether oxygens (including phenoxy) is 1. The standard InChI is InChI=1S/C11H17NO2/c1-3-4-5-11(8-9(11)2)12-6-7-14-10(12)13/h2-8H2,1H3. The average Bonchev–Trinajstić information content (AvgIpc) is 2.58. The molecule has 0 radical (unpaired) electrons. The van der Waals surface area contributed by atoms with Crippen LogP contribution < -0.4 is 0 Å². The van der Waals surface area contributed by atoms with Crippen molar-refractivity contribution in [3.63, 3.8) is 0 Å². The minimum Gasteiger partial charge on any atom is -0.448 e. The lowest BCUT2D eigenvalue weighted by Crippen LogP contribution is -2.38. The van der Waals surface area contributed by atoms with E-state index in [1.165, 1.54) is 5.57 Å². The summed E-state index contributed by atoms with van der Waals surface area (Å²) >= 11 is 0. The number of amides is 1. The summed E-state index contributed by atoms with van der Waals surface area (Å²) in [6, 6.07) is 0. The van der Waals surface area contributed by atoms with Crippen LogP contribution in [0.4, 0.5) is 4.79 Å². The maximum atomic E-state index is 11.4. The molecule has 1 saturated heterocycles. The molecule has 78 valence electrons. The lowest BCUT2D eigenvalue weighted by molar-refractivity contribution is 0.143. The molecule has 3 heteroatoms. The van der Waals surface area contributed by atoms with Crippen LogP contribution in [0.3, 0.4) is 0 Å². The van der Waals surface area contributed by atoms with Crippen molar-refractivity contribution >= 4 is 6.09 Å². The van der Waals surface area contributed by atoms with Crippen LogP contribution in [0.5, 0.6) is 0 Å². The fourth-order valence-electron chi connectivity index (χ4n) is 2.25. The first-order valence-electron chi connectivity index (χ1n) is 5.33. The lowest BCUT2D eigenvalue weighted by Gasteiger charge is -2.24. The zero-order chi connectivity index (χ0) is 10.2. The Morgan fingerprint density at radius 3 is 2.79 bits per heavy atom. The largest absolute Gasteiger partial charge is 0.448 e. The van der Waals surface area contributed by atoms with Gasteiger partial charge in [0.15, 0.2) is 0 Å². The van der Waals surface area contributed by atoms with E-state index in [4.69, 9.17) is 4.74 Å². The summed E-state index contributed by atoms with van der Waals surface area (Å²) in [4.78, 5) is 13.3. The first-order chi connectivity index (χ1) is 6.70. The van der Waals surface area contributed by atoms with Crippen LogP contribution in [0.25, 0.3) is 0 Å². The smallest absolute Gasteiger partial charge is 0.410 e. The molecular weight excluding hydrogens is 178 g/mol. The molecule has 1 amide bonds. The Hall–Kier alpha value is -0.990. The highest BCUT2D eigenvalue weighted by Crippen LogP contribution is 2.51. The third-order valence-electron chi connectivity index (χ3n) is 3.26. The fourth-order valence-corrected chi connectivity index (χ4v) is 2.25. The molecule has 1 saturated carbocycles. The Bertz CT molecular complexity index is 274. The van der Waals surface area contributed by atoms with Crippen LogP contribution in [0.15, 0.2) is 12.2 Å². The molecule has 0 N–H and O–H groups in total. The molecule has 14 heavy (non-hydrogen) atoms. The zero-order valence-electron chi connectivity index (χ0n) is 8.71. The van der Waals surface area contributed by atoms with E-state index in [1.807, 2.05) is 4.90 Å². The van der Waals surface area contributed by atoms with E-state index in [2.05, 4.69) is 13.5 Å². The van der Waals surface area contributed by atoms with Crippen LogP contribution in [-0.4, -0.2) is 29.7 Å². The van der Waals surface area contributed by atoms with Crippen molar-refractivity contribution in [1.29, 1.82) is 0 Å². The van der Waals surface area contributed by atoms with Gasteiger partial charge >= 0.3 is 6.09 Å². The second-order valence-electron chi connectivity index (χ2n) is 4.18. The van der Waals surface area contributed by atoms with Crippen LogP contribution in [0.2, 0.25) is 0 Å². The van der Waals surface area contributed by atoms with Crippen molar-refractivity contribution in [2.75, 3.05) is 13.2 Å². The fraction of sp³-hybridized carbons (Fsp3) is 0.727. The van der Waals surface area contributed by atoms with Crippen LogP contribution >= 0.6 is 0 Å². The quantitative estimate of drug-likeness (QED) is 0.644.